The van der Waals surface area contributed by atoms with E-state index in [1.807, 2.05) is 30.0 Å². The Balaban J connectivity index is 0.000000267. The zero-order chi connectivity index (χ0) is 52.1. The molecule has 0 saturated carbocycles. The number of carbonyl (C=O) groups is 3. The maximum atomic E-state index is 10.8. The maximum Gasteiger partial charge on any atom is 0.303 e. The Morgan fingerprint density at radius 2 is 0.694 bits per heavy atom. The van der Waals surface area contributed by atoms with E-state index < -0.39 is 17.9 Å². The van der Waals surface area contributed by atoms with Gasteiger partial charge in [0.15, 0.2) is 0 Å². The second kappa shape index (κ2) is 33.5. The topological polar surface area (TPSA) is 112 Å². The van der Waals surface area contributed by atoms with E-state index in [1.165, 1.54) is 79.4 Å². The third-order valence-electron chi connectivity index (χ3n) is 13.0. The molecule has 0 aliphatic heterocycles. The molecule has 384 valence electrons. The third-order valence-corrected chi connectivity index (χ3v) is 16.6. The first-order valence-corrected chi connectivity index (χ1v) is 28.3. The van der Waals surface area contributed by atoms with Crippen molar-refractivity contribution in [2.45, 2.75) is 186 Å². The van der Waals surface area contributed by atoms with Crippen LogP contribution in [-0.2, 0) is 33.6 Å². The van der Waals surface area contributed by atoms with Gasteiger partial charge < -0.3 is 15.3 Å². The average molecular weight is 1030 g/mol. The molecule has 0 atom stereocenters. The summed E-state index contributed by atoms with van der Waals surface area (Å²) in [6, 6.07) is 44.4. The summed E-state index contributed by atoms with van der Waals surface area (Å²) in [5, 5.41) is 26.4. The number of unbranched alkanes of at least 4 members (excludes halogenated alkanes) is 9. The van der Waals surface area contributed by atoms with Gasteiger partial charge in [0, 0.05) is 48.6 Å². The number of rotatable bonds is 27. The number of carboxylic acids is 3. The fourth-order valence-electron chi connectivity index (χ4n) is 8.57. The zero-order valence-electron chi connectivity index (χ0n) is 43.6. The van der Waals surface area contributed by atoms with E-state index in [9.17, 15) is 14.4 Å². The summed E-state index contributed by atoms with van der Waals surface area (Å²) in [4.78, 5) is 39.9. The Morgan fingerprint density at radius 3 is 1.11 bits per heavy atom. The summed E-state index contributed by atoms with van der Waals surface area (Å²) in [6.07, 6.45) is 15.6. The van der Waals surface area contributed by atoms with Gasteiger partial charge in [0.25, 0.3) is 0 Å². The van der Waals surface area contributed by atoms with Crippen LogP contribution in [0, 0.1) is 41.5 Å². The van der Waals surface area contributed by atoms with Crippen LogP contribution < -0.4 is 0 Å². The summed E-state index contributed by atoms with van der Waals surface area (Å²) >= 11 is 5.48. The van der Waals surface area contributed by atoms with E-state index >= 15 is 0 Å². The molecule has 0 aliphatic rings. The van der Waals surface area contributed by atoms with Gasteiger partial charge in [0.05, 0.1) is 0 Å². The Hall–Kier alpha value is -5.22. The molecule has 0 saturated heterocycles. The normalized spacial score (nSPS) is 10.8. The van der Waals surface area contributed by atoms with Crippen molar-refractivity contribution in [1.82, 2.24) is 0 Å². The summed E-state index contributed by atoms with van der Waals surface area (Å²) in [5.41, 5.74) is 12.4. The van der Waals surface area contributed by atoms with Crippen LogP contribution in [0.1, 0.15) is 146 Å². The highest BCUT2D eigenvalue weighted by Crippen LogP contribution is 2.42. The molecule has 3 N–H and O–H groups in total. The first-order valence-electron chi connectivity index (χ1n) is 25.8. The second-order valence-electron chi connectivity index (χ2n) is 18.6. The van der Waals surface area contributed by atoms with Crippen LogP contribution in [0.4, 0.5) is 0 Å². The van der Waals surface area contributed by atoms with E-state index in [2.05, 4.69) is 151 Å². The van der Waals surface area contributed by atoms with Crippen molar-refractivity contribution in [3.63, 3.8) is 0 Å². The summed E-state index contributed by atoms with van der Waals surface area (Å²) < 4.78 is 0. The lowest BCUT2D eigenvalue weighted by molar-refractivity contribution is -0.138. The van der Waals surface area contributed by atoms with Gasteiger partial charge in [-0.3, -0.25) is 14.4 Å². The van der Waals surface area contributed by atoms with Crippen molar-refractivity contribution in [2.75, 3.05) is 0 Å². The van der Waals surface area contributed by atoms with Crippen molar-refractivity contribution in [3.05, 3.63) is 177 Å². The van der Waals surface area contributed by atoms with Gasteiger partial charge in [0.1, 0.15) is 0 Å². The van der Waals surface area contributed by atoms with Gasteiger partial charge >= 0.3 is 17.9 Å². The fraction of sp³-hybridized carbons (Fsp3) is 0.381. The Morgan fingerprint density at radius 1 is 0.333 bits per heavy atom. The molecule has 0 bridgehead atoms. The minimum atomic E-state index is -0.709. The standard InChI is InChI=1S/C32H46O4S.C19H22O2S.C12H10S/c1-21-19-20-22(2)31(23(21)3)37-32-25(5)24(4)27(15-11-7-9-13-17-29(33)34)28(26(32)6)16-12-8-10-14-18-30(35)36;20-19(21)11-7-2-1-4-8-16-12-14-18(15-13-16)22-17-9-5-3-6-10-17;1-3-7-11(8-4-1)13-12-9-5-2-6-10-12/h19-20H,7-18H2,1-6H3,(H,33,34)(H,35,36);3,5-6,9-10,12-15H,1-2,4,7-8,11H2,(H,20,21);1-10H. The highest BCUT2D eigenvalue weighted by Gasteiger charge is 2.20. The Labute approximate surface area is 444 Å². The molecule has 0 radical (unpaired) electrons. The minimum Gasteiger partial charge on any atom is -0.481 e. The summed E-state index contributed by atoms with van der Waals surface area (Å²) in [6.45, 7) is 13.4. The number of hydrogen-bond donors (Lipinski definition) is 3. The van der Waals surface area contributed by atoms with Crippen LogP contribution in [-0.4, -0.2) is 33.2 Å². The lowest BCUT2D eigenvalue weighted by Gasteiger charge is -2.24. The van der Waals surface area contributed by atoms with Gasteiger partial charge in [-0.25, -0.2) is 0 Å². The van der Waals surface area contributed by atoms with Crippen LogP contribution in [0.25, 0.3) is 0 Å². The van der Waals surface area contributed by atoms with Crippen LogP contribution in [0.3, 0.4) is 0 Å². The first kappa shape index (κ1) is 59.3. The van der Waals surface area contributed by atoms with Crippen LogP contribution >= 0.6 is 35.3 Å². The number of aliphatic carboxylic acids is 3. The Kier molecular flexibility index (Phi) is 27.6. The van der Waals surface area contributed by atoms with Crippen LogP contribution in [0.2, 0.25) is 0 Å². The molecule has 6 aromatic rings. The molecule has 72 heavy (non-hydrogen) atoms. The zero-order valence-corrected chi connectivity index (χ0v) is 46.1. The van der Waals surface area contributed by atoms with E-state index in [0.29, 0.717) is 6.42 Å². The smallest absolute Gasteiger partial charge is 0.303 e. The molecule has 0 spiro atoms. The number of carboxylic acid groups (broad SMARTS) is 3. The number of hydrogen-bond acceptors (Lipinski definition) is 6. The molecule has 6 aromatic carbocycles. The molecule has 0 unspecified atom stereocenters. The fourth-order valence-corrected chi connectivity index (χ4v) is 11.6. The highest BCUT2D eigenvalue weighted by atomic mass is 32.2. The Bertz CT molecular complexity index is 2510. The van der Waals surface area contributed by atoms with E-state index in [0.717, 1.165) is 96.3 Å². The molecule has 0 aromatic heterocycles. The van der Waals surface area contributed by atoms with E-state index in [4.69, 9.17) is 15.3 Å². The van der Waals surface area contributed by atoms with Crippen molar-refractivity contribution >= 4 is 53.2 Å². The maximum absolute atomic E-state index is 10.8. The van der Waals surface area contributed by atoms with Crippen molar-refractivity contribution in [1.29, 1.82) is 0 Å². The van der Waals surface area contributed by atoms with E-state index in [-0.39, 0.29) is 12.8 Å². The molecular formula is C63H78O6S3. The summed E-state index contributed by atoms with van der Waals surface area (Å²) in [5.74, 6) is -2.11. The quantitative estimate of drug-likeness (QED) is 0.0434. The molecule has 0 heterocycles. The second-order valence-corrected chi connectivity index (χ2v) is 21.9. The first-order chi connectivity index (χ1) is 34.7. The van der Waals surface area contributed by atoms with Gasteiger partial charge in [-0.05, 0) is 198 Å². The lowest BCUT2D eigenvalue weighted by Crippen LogP contribution is -2.07. The predicted octanol–water partition coefficient (Wildman–Crippen LogP) is 18.1. The monoisotopic (exact) mass is 1030 g/mol. The predicted molar refractivity (Wildman–Crippen MR) is 303 cm³/mol. The van der Waals surface area contributed by atoms with E-state index in [1.54, 1.807) is 23.5 Å². The van der Waals surface area contributed by atoms with Crippen molar-refractivity contribution in [2.24, 2.45) is 0 Å². The van der Waals surface area contributed by atoms with Crippen molar-refractivity contribution < 1.29 is 29.7 Å². The molecular weight excluding hydrogens is 949 g/mol. The summed E-state index contributed by atoms with van der Waals surface area (Å²) in [7, 11) is 0. The number of benzene rings is 6. The molecule has 0 amide bonds. The minimum absolute atomic E-state index is 0.256. The van der Waals surface area contributed by atoms with Crippen LogP contribution in [0.5, 0.6) is 0 Å². The molecule has 6 rings (SSSR count). The number of aryl methyl sites for hydroxylation is 3. The largest absolute Gasteiger partial charge is 0.481 e. The van der Waals surface area contributed by atoms with Crippen LogP contribution in [0.15, 0.2) is 157 Å². The molecule has 9 heteroatoms. The van der Waals surface area contributed by atoms with Gasteiger partial charge in [-0.15, -0.1) is 0 Å². The molecule has 6 nitrogen and oxygen atoms in total. The van der Waals surface area contributed by atoms with Gasteiger partial charge in [-0.1, -0.05) is 153 Å². The van der Waals surface area contributed by atoms with Gasteiger partial charge in [-0.2, -0.15) is 0 Å². The van der Waals surface area contributed by atoms with Crippen molar-refractivity contribution in [3.8, 4) is 0 Å². The molecule has 0 aliphatic carbocycles. The third kappa shape index (κ3) is 22.3. The average Bonchev–Trinajstić information content (AvgIpc) is 3.37. The molecule has 0 fully saturated rings. The SMILES string of the molecule is Cc1ccc(C)c(Sc2c(C)c(C)c(CCCCCCC(=O)O)c(CCCCCCC(=O)O)c2C)c1C.O=C(O)CCCCCCc1ccc(Sc2ccccc2)cc1.c1ccc(Sc2ccccc2)cc1. The highest BCUT2D eigenvalue weighted by molar-refractivity contribution is 8.00. The van der Waals surface area contributed by atoms with Gasteiger partial charge in [0.2, 0.25) is 0 Å². The lowest BCUT2D eigenvalue weighted by atomic mass is 9.87.